The van der Waals surface area contributed by atoms with Crippen LogP contribution in [0.4, 0.5) is 0 Å². The monoisotopic (exact) mass is 515 g/mol. The zero-order chi connectivity index (χ0) is 26.4. The molecule has 0 aliphatic rings. The van der Waals surface area contributed by atoms with Crippen molar-refractivity contribution < 1.29 is 14.3 Å². The molecule has 1 amide bonds. The van der Waals surface area contributed by atoms with Crippen molar-refractivity contribution in [2.24, 2.45) is 5.10 Å². The molecule has 3 aromatic carbocycles. The lowest BCUT2D eigenvalue weighted by Crippen LogP contribution is -2.17. The van der Waals surface area contributed by atoms with Crippen molar-refractivity contribution in [2.75, 3.05) is 6.61 Å². The molecule has 0 saturated carbocycles. The topological polar surface area (TPSA) is 64.8 Å². The maximum Gasteiger partial charge on any atom is 0.271 e. The molecular formula is C30H30ClN3O3. The highest BCUT2D eigenvalue weighted by atomic mass is 35.5. The summed E-state index contributed by atoms with van der Waals surface area (Å²) >= 11 is 6.41. The second-order valence-corrected chi connectivity index (χ2v) is 9.14. The van der Waals surface area contributed by atoms with E-state index in [0.29, 0.717) is 34.3 Å². The summed E-state index contributed by atoms with van der Waals surface area (Å²) in [6.45, 7) is 8.26. The van der Waals surface area contributed by atoms with E-state index in [1.165, 1.54) is 6.21 Å². The number of ether oxygens (including phenoxy) is 2. The maximum atomic E-state index is 12.7. The normalized spacial score (nSPS) is 11.2. The van der Waals surface area contributed by atoms with Crippen LogP contribution in [0.1, 0.15) is 42.4 Å². The van der Waals surface area contributed by atoms with Crippen LogP contribution in [-0.2, 0) is 0 Å². The fraction of sp³-hybridized carbons (Fsp3) is 0.200. The summed E-state index contributed by atoms with van der Waals surface area (Å²) < 4.78 is 13.6. The average molecular weight is 516 g/mol. The Balaban J connectivity index is 1.48. The van der Waals surface area contributed by atoms with Crippen molar-refractivity contribution in [1.29, 1.82) is 0 Å². The largest absolute Gasteiger partial charge is 0.490 e. The highest BCUT2D eigenvalue weighted by Crippen LogP contribution is 2.37. The second kappa shape index (κ2) is 11.8. The molecule has 37 heavy (non-hydrogen) atoms. The molecule has 0 unspecified atom stereocenters. The van der Waals surface area contributed by atoms with Crippen LogP contribution in [0.3, 0.4) is 0 Å². The molecule has 1 N–H and O–H groups in total. The van der Waals surface area contributed by atoms with Crippen molar-refractivity contribution >= 4 is 23.7 Å². The molecule has 0 spiro atoms. The third-order valence-electron chi connectivity index (χ3n) is 5.60. The number of nitrogens with zero attached hydrogens (tertiary/aromatic N) is 2. The number of aryl methyl sites for hydroxylation is 1. The highest BCUT2D eigenvalue weighted by molar-refractivity contribution is 6.32. The predicted molar refractivity (Wildman–Crippen MR) is 149 cm³/mol. The number of amides is 1. The van der Waals surface area contributed by atoms with E-state index in [-0.39, 0.29) is 12.0 Å². The fourth-order valence-corrected chi connectivity index (χ4v) is 4.25. The number of aromatic nitrogens is 1. The maximum absolute atomic E-state index is 12.7. The van der Waals surface area contributed by atoms with E-state index in [1.54, 1.807) is 24.3 Å². The Kier molecular flexibility index (Phi) is 8.31. The molecule has 4 rings (SSSR count). The van der Waals surface area contributed by atoms with Crippen molar-refractivity contribution in [3.63, 3.8) is 0 Å². The Labute approximate surface area is 222 Å². The first-order valence-corrected chi connectivity index (χ1v) is 12.6. The summed E-state index contributed by atoms with van der Waals surface area (Å²) in [5.41, 5.74) is 8.06. The number of nitrogens with one attached hydrogen (secondary N) is 1. The van der Waals surface area contributed by atoms with Gasteiger partial charge < -0.3 is 14.0 Å². The molecule has 190 valence electrons. The minimum absolute atomic E-state index is 0.0479. The lowest BCUT2D eigenvalue weighted by Gasteiger charge is -2.16. The van der Waals surface area contributed by atoms with Gasteiger partial charge in [-0.25, -0.2) is 5.43 Å². The van der Waals surface area contributed by atoms with E-state index in [2.05, 4.69) is 46.3 Å². The number of rotatable bonds is 9. The Morgan fingerprint density at radius 2 is 1.78 bits per heavy atom. The third-order valence-corrected chi connectivity index (χ3v) is 5.88. The summed E-state index contributed by atoms with van der Waals surface area (Å²) in [5.74, 6) is 0.710. The van der Waals surface area contributed by atoms with E-state index in [4.69, 9.17) is 21.1 Å². The number of carbonyl (C=O) groups is 1. The van der Waals surface area contributed by atoms with Gasteiger partial charge in [-0.1, -0.05) is 41.9 Å². The fourth-order valence-electron chi connectivity index (χ4n) is 3.98. The first kappa shape index (κ1) is 26.0. The van der Waals surface area contributed by atoms with Gasteiger partial charge >= 0.3 is 0 Å². The van der Waals surface area contributed by atoms with Crippen LogP contribution < -0.4 is 14.9 Å². The third kappa shape index (κ3) is 6.22. The van der Waals surface area contributed by atoms with Crippen LogP contribution in [-0.4, -0.2) is 29.4 Å². The molecule has 1 aromatic heterocycles. The number of hydrogen-bond donors (Lipinski definition) is 1. The summed E-state index contributed by atoms with van der Waals surface area (Å²) in [7, 11) is 0. The molecule has 0 aliphatic heterocycles. The molecule has 0 saturated heterocycles. The number of halogens is 1. The number of carbonyl (C=O) groups excluding carboxylic acids is 1. The summed E-state index contributed by atoms with van der Waals surface area (Å²) in [6, 6.07) is 25.3. The Hall–Kier alpha value is -4.03. The van der Waals surface area contributed by atoms with E-state index in [9.17, 15) is 4.79 Å². The van der Waals surface area contributed by atoms with E-state index >= 15 is 0 Å². The molecule has 0 atom stereocenters. The van der Waals surface area contributed by atoms with Crippen LogP contribution in [0.5, 0.6) is 11.5 Å². The van der Waals surface area contributed by atoms with E-state index in [1.807, 2.05) is 51.1 Å². The quantitative estimate of drug-likeness (QED) is 0.192. The molecule has 1 heterocycles. The van der Waals surface area contributed by atoms with Gasteiger partial charge in [-0.15, -0.1) is 0 Å². The molecule has 6 nitrogen and oxygen atoms in total. The second-order valence-electron chi connectivity index (χ2n) is 8.74. The predicted octanol–water partition coefficient (Wildman–Crippen LogP) is 7.06. The lowest BCUT2D eigenvalue weighted by atomic mass is 10.1. The Bertz CT molecular complexity index is 1390. The number of hydrazone groups is 1. The van der Waals surface area contributed by atoms with Gasteiger partial charge in [0, 0.05) is 16.9 Å². The molecule has 0 radical (unpaired) electrons. The van der Waals surface area contributed by atoms with E-state index < -0.39 is 0 Å². The standard InChI is InChI=1S/C30H30ClN3O3/c1-5-36-28-18-22(17-26(31)29(28)37-20(2)3)19-32-33-30(35)24-12-14-25(15-13-24)34-21(4)11-16-27(34)23-9-7-6-8-10-23/h6-20H,5H2,1-4H3,(H,33,35)/b32-19+. The minimum Gasteiger partial charge on any atom is -0.490 e. The van der Waals surface area contributed by atoms with Gasteiger partial charge in [0.2, 0.25) is 0 Å². The Morgan fingerprint density at radius 3 is 2.46 bits per heavy atom. The summed E-state index contributed by atoms with van der Waals surface area (Å²) in [4.78, 5) is 12.7. The van der Waals surface area contributed by atoms with E-state index in [0.717, 1.165) is 22.6 Å². The van der Waals surface area contributed by atoms with Gasteiger partial charge in [-0.3, -0.25) is 4.79 Å². The number of benzene rings is 3. The van der Waals surface area contributed by atoms with Crippen molar-refractivity contribution in [3.8, 4) is 28.4 Å². The molecule has 4 aromatic rings. The molecule has 7 heteroatoms. The van der Waals surface area contributed by atoms with Gasteiger partial charge in [0.1, 0.15) is 0 Å². The molecule has 0 aliphatic carbocycles. The molecular weight excluding hydrogens is 486 g/mol. The first-order valence-electron chi connectivity index (χ1n) is 12.2. The summed E-state index contributed by atoms with van der Waals surface area (Å²) in [6.07, 6.45) is 1.48. The first-order chi connectivity index (χ1) is 17.9. The Morgan fingerprint density at radius 1 is 1.05 bits per heavy atom. The van der Waals surface area contributed by atoms with Gasteiger partial charge in [-0.2, -0.15) is 5.10 Å². The van der Waals surface area contributed by atoms with Crippen LogP contribution in [0.2, 0.25) is 5.02 Å². The molecule has 0 fully saturated rings. The average Bonchev–Trinajstić information content (AvgIpc) is 3.28. The van der Waals surface area contributed by atoms with Gasteiger partial charge in [0.05, 0.1) is 29.6 Å². The van der Waals surface area contributed by atoms with Gasteiger partial charge in [0.15, 0.2) is 11.5 Å². The molecule has 0 bridgehead atoms. The lowest BCUT2D eigenvalue weighted by molar-refractivity contribution is 0.0955. The van der Waals surface area contributed by atoms with Gasteiger partial charge in [0.25, 0.3) is 5.91 Å². The zero-order valence-corrected chi connectivity index (χ0v) is 22.1. The minimum atomic E-state index is -0.314. The van der Waals surface area contributed by atoms with Gasteiger partial charge in [-0.05, 0) is 87.4 Å². The van der Waals surface area contributed by atoms with Crippen molar-refractivity contribution in [3.05, 3.63) is 101 Å². The van der Waals surface area contributed by atoms with Crippen molar-refractivity contribution in [1.82, 2.24) is 9.99 Å². The van der Waals surface area contributed by atoms with Crippen LogP contribution in [0, 0.1) is 6.92 Å². The van der Waals surface area contributed by atoms with Crippen LogP contribution in [0.25, 0.3) is 16.9 Å². The smallest absolute Gasteiger partial charge is 0.271 e. The van der Waals surface area contributed by atoms with Crippen molar-refractivity contribution in [2.45, 2.75) is 33.8 Å². The van der Waals surface area contributed by atoms with Crippen LogP contribution in [0.15, 0.2) is 84.0 Å². The number of hydrogen-bond acceptors (Lipinski definition) is 4. The SMILES string of the molecule is CCOc1cc(/C=N/NC(=O)c2ccc(-n3c(C)ccc3-c3ccccc3)cc2)cc(Cl)c1OC(C)C. The highest BCUT2D eigenvalue weighted by Gasteiger charge is 2.14. The summed E-state index contributed by atoms with van der Waals surface area (Å²) in [5, 5.41) is 4.52. The van der Waals surface area contributed by atoms with Crippen LogP contribution >= 0.6 is 11.6 Å². The zero-order valence-electron chi connectivity index (χ0n) is 21.4.